The van der Waals surface area contributed by atoms with Crippen molar-refractivity contribution in [2.45, 2.75) is 44.9 Å². The third-order valence-electron chi connectivity index (χ3n) is 6.89. The first kappa shape index (κ1) is 23.5. The summed E-state index contributed by atoms with van der Waals surface area (Å²) in [4.78, 5) is 17.9. The van der Waals surface area contributed by atoms with E-state index in [1.807, 2.05) is 30.3 Å². The van der Waals surface area contributed by atoms with E-state index in [0.29, 0.717) is 11.7 Å². The summed E-state index contributed by atoms with van der Waals surface area (Å²) in [5, 5.41) is 10.8. The van der Waals surface area contributed by atoms with E-state index in [0.717, 1.165) is 59.3 Å². The van der Waals surface area contributed by atoms with Crippen LogP contribution in [0.5, 0.6) is 0 Å². The van der Waals surface area contributed by atoms with Crippen LogP contribution in [-0.2, 0) is 19.5 Å². The number of rotatable bonds is 7. The Bertz CT molecular complexity index is 1570. The molecule has 8 heteroatoms. The van der Waals surface area contributed by atoms with Crippen LogP contribution in [0.3, 0.4) is 0 Å². The van der Waals surface area contributed by atoms with Gasteiger partial charge >= 0.3 is 0 Å². The van der Waals surface area contributed by atoms with Gasteiger partial charge in [-0.2, -0.15) is 0 Å². The number of hydrogen-bond acceptors (Lipinski definition) is 5. The SMILES string of the molecule is CC(C)CCSc1nnc2n(-c3ccccc3)c(=O)c3c4c(sc3n12)C[NH+](Cc1ccccc1)CC4. The Morgan fingerprint density at radius 2 is 1.81 bits per heavy atom. The molecule has 1 unspecified atom stereocenters. The topological polar surface area (TPSA) is 56.6 Å². The monoisotopic (exact) mass is 516 g/mol. The Kier molecular flexibility index (Phi) is 6.41. The summed E-state index contributed by atoms with van der Waals surface area (Å²) in [6, 6.07) is 20.5. The lowest BCUT2D eigenvalue weighted by molar-refractivity contribution is -0.929. The second-order valence-corrected chi connectivity index (χ2v) is 12.0. The molecule has 1 atom stereocenters. The standard InChI is InChI=1S/C28H29N5OS2/c1-19(2)14-16-35-28-30-29-27-32(21-11-7-4-8-12-21)25(34)24-22-13-15-31(17-20-9-5-3-6-10-20)18-23(22)36-26(24)33(27)28/h3-12,19H,13-18H2,1-2H3/p+1. The molecule has 2 aromatic carbocycles. The number of quaternary nitrogens is 1. The molecule has 0 aliphatic carbocycles. The van der Waals surface area contributed by atoms with Gasteiger partial charge in [0.15, 0.2) is 5.16 Å². The van der Waals surface area contributed by atoms with Gasteiger partial charge in [-0.25, -0.2) is 8.97 Å². The Balaban J connectivity index is 1.49. The summed E-state index contributed by atoms with van der Waals surface area (Å²) in [5.41, 5.74) is 3.41. The normalized spacial score (nSPS) is 15.7. The fourth-order valence-electron chi connectivity index (χ4n) is 5.01. The van der Waals surface area contributed by atoms with E-state index >= 15 is 0 Å². The molecule has 0 bridgehead atoms. The van der Waals surface area contributed by atoms with Crippen molar-refractivity contribution in [1.29, 1.82) is 0 Å². The largest absolute Gasteiger partial charge is 0.326 e. The van der Waals surface area contributed by atoms with Gasteiger partial charge in [-0.1, -0.05) is 74.1 Å². The first-order valence-electron chi connectivity index (χ1n) is 12.6. The Hall–Kier alpha value is -2.94. The molecule has 3 aromatic heterocycles. The molecule has 6 nitrogen and oxygen atoms in total. The van der Waals surface area contributed by atoms with Crippen LogP contribution < -0.4 is 10.5 Å². The molecule has 6 rings (SSSR count). The maximum atomic E-state index is 14.0. The second kappa shape index (κ2) is 9.84. The van der Waals surface area contributed by atoms with Crippen LogP contribution >= 0.6 is 23.1 Å². The van der Waals surface area contributed by atoms with Crippen molar-refractivity contribution in [1.82, 2.24) is 19.2 Å². The summed E-state index contributed by atoms with van der Waals surface area (Å²) in [5.74, 6) is 2.20. The number of fused-ring (bicyclic) bond motifs is 5. The summed E-state index contributed by atoms with van der Waals surface area (Å²) in [6.45, 7) is 7.44. The maximum Gasteiger partial charge on any atom is 0.268 e. The van der Waals surface area contributed by atoms with Gasteiger partial charge in [0.2, 0.25) is 5.78 Å². The lowest BCUT2D eigenvalue weighted by Crippen LogP contribution is -3.10. The van der Waals surface area contributed by atoms with Gasteiger partial charge in [-0.3, -0.25) is 4.79 Å². The van der Waals surface area contributed by atoms with E-state index in [-0.39, 0.29) is 5.56 Å². The lowest BCUT2D eigenvalue weighted by Gasteiger charge is -2.23. The number of aromatic nitrogens is 4. The lowest BCUT2D eigenvalue weighted by atomic mass is 10.0. The van der Waals surface area contributed by atoms with Crippen LogP contribution in [-0.4, -0.2) is 31.5 Å². The maximum absolute atomic E-state index is 14.0. The van der Waals surface area contributed by atoms with E-state index < -0.39 is 0 Å². The summed E-state index contributed by atoms with van der Waals surface area (Å²) in [6.07, 6.45) is 2.02. The molecule has 5 aromatic rings. The highest BCUT2D eigenvalue weighted by atomic mass is 32.2. The molecule has 36 heavy (non-hydrogen) atoms. The highest BCUT2D eigenvalue weighted by molar-refractivity contribution is 7.99. The van der Waals surface area contributed by atoms with Gasteiger partial charge in [0, 0.05) is 17.7 Å². The summed E-state index contributed by atoms with van der Waals surface area (Å²) >= 11 is 3.49. The molecule has 0 saturated carbocycles. The minimum atomic E-state index is 0.0128. The third kappa shape index (κ3) is 4.27. The van der Waals surface area contributed by atoms with Gasteiger partial charge in [0.1, 0.15) is 17.9 Å². The van der Waals surface area contributed by atoms with Crippen molar-refractivity contribution in [3.8, 4) is 5.69 Å². The fraction of sp³-hybridized carbons (Fsp3) is 0.321. The minimum absolute atomic E-state index is 0.0128. The molecule has 0 radical (unpaired) electrons. The van der Waals surface area contributed by atoms with Crippen molar-refractivity contribution in [3.05, 3.63) is 87.0 Å². The number of benzene rings is 2. The first-order chi connectivity index (χ1) is 17.6. The van der Waals surface area contributed by atoms with E-state index in [1.54, 1.807) is 27.7 Å². The zero-order valence-electron chi connectivity index (χ0n) is 20.6. The van der Waals surface area contributed by atoms with E-state index in [9.17, 15) is 4.79 Å². The van der Waals surface area contributed by atoms with Crippen LogP contribution in [0.1, 0.15) is 36.3 Å². The number of thiophene rings is 1. The van der Waals surface area contributed by atoms with Gasteiger partial charge in [-0.05, 0) is 30.0 Å². The highest BCUT2D eigenvalue weighted by Crippen LogP contribution is 2.34. The molecule has 1 aliphatic rings. The van der Waals surface area contributed by atoms with Crippen LogP contribution in [0.4, 0.5) is 0 Å². The number of hydrogen-bond donors (Lipinski definition) is 1. The minimum Gasteiger partial charge on any atom is -0.326 e. The van der Waals surface area contributed by atoms with Crippen LogP contribution in [0, 0.1) is 5.92 Å². The van der Waals surface area contributed by atoms with E-state index in [4.69, 9.17) is 0 Å². The van der Waals surface area contributed by atoms with Crippen molar-refractivity contribution >= 4 is 39.1 Å². The zero-order chi connectivity index (χ0) is 24.6. The van der Waals surface area contributed by atoms with Gasteiger partial charge in [0.05, 0.1) is 22.5 Å². The Labute approximate surface area is 218 Å². The van der Waals surface area contributed by atoms with E-state index in [2.05, 4.69) is 58.8 Å². The van der Waals surface area contributed by atoms with E-state index in [1.165, 1.54) is 20.9 Å². The van der Waals surface area contributed by atoms with Crippen molar-refractivity contribution in [2.75, 3.05) is 12.3 Å². The Morgan fingerprint density at radius 1 is 1.06 bits per heavy atom. The Morgan fingerprint density at radius 3 is 2.56 bits per heavy atom. The zero-order valence-corrected chi connectivity index (χ0v) is 22.2. The molecule has 4 heterocycles. The second-order valence-electron chi connectivity index (χ2n) is 9.90. The third-order valence-corrected chi connectivity index (χ3v) is 9.06. The molecule has 0 saturated heterocycles. The molecular formula is C28H30N5OS2+. The number of para-hydroxylation sites is 1. The average molecular weight is 517 g/mol. The van der Waals surface area contributed by atoms with Crippen molar-refractivity contribution < 1.29 is 4.90 Å². The summed E-state index contributed by atoms with van der Waals surface area (Å²) in [7, 11) is 0. The van der Waals surface area contributed by atoms with Gasteiger partial charge in [-0.15, -0.1) is 21.5 Å². The molecule has 0 spiro atoms. The average Bonchev–Trinajstić information content (AvgIpc) is 3.46. The summed E-state index contributed by atoms with van der Waals surface area (Å²) < 4.78 is 3.88. The molecule has 0 amide bonds. The quantitative estimate of drug-likeness (QED) is 0.326. The van der Waals surface area contributed by atoms with Crippen LogP contribution in [0.15, 0.2) is 70.6 Å². The highest BCUT2D eigenvalue weighted by Gasteiger charge is 2.29. The molecule has 184 valence electrons. The molecular weight excluding hydrogens is 486 g/mol. The van der Waals surface area contributed by atoms with Crippen molar-refractivity contribution in [2.24, 2.45) is 5.92 Å². The molecule has 1 aliphatic heterocycles. The number of thioether (sulfide) groups is 1. The van der Waals surface area contributed by atoms with Crippen molar-refractivity contribution in [3.63, 3.8) is 0 Å². The smallest absolute Gasteiger partial charge is 0.268 e. The molecule has 1 N–H and O–H groups in total. The predicted octanol–water partition coefficient (Wildman–Crippen LogP) is 4.37. The number of nitrogens with zero attached hydrogens (tertiary/aromatic N) is 4. The molecule has 0 fully saturated rings. The predicted molar refractivity (Wildman–Crippen MR) is 148 cm³/mol. The number of nitrogens with one attached hydrogen (secondary N) is 1. The van der Waals surface area contributed by atoms with Crippen LogP contribution in [0.2, 0.25) is 0 Å². The fourth-order valence-corrected chi connectivity index (χ4v) is 7.65. The van der Waals surface area contributed by atoms with Gasteiger partial charge in [0.25, 0.3) is 5.56 Å². The van der Waals surface area contributed by atoms with Gasteiger partial charge < -0.3 is 4.90 Å². The first-order valence-corrected chi connectivity index (χ1v) is 14.4. The van der Waals surface area contributed by atoms with Crippen LogP contribution in [0.25, 0.3) is 21.7 Å².